The van der Waals surface area contributed by atoms with E-state index in [0.29, 0.717) is 17.6 Å². The molecule has 3 aromatic rings. The van der Waals surface area contributed by atoms with Crippen LogP contribution >= 0.6 is 11.8 Å². The molecule has 1 atom stereocenters. The lowest BCUT2D eigenvalue weighted by atomic mass is 10.0. The van der Waals surface area contributed by atoms with E-state index in [1.54, 1.807) is 4.68 Å². The van der Waals surface area contributed by atoms with Gasteiger partial charge in [0.1, 0.15) is 0 Å². The maximum atomic E-state index is 12.4. The fourth-order valence-electron chi connectivity index (χ4n) is 3.10. The number of nitrogens with one attached hydrogen (secondary N) is 1. The standard InChI is InChI=1S/C22H28N6OS/c1-16(2)17-10-12-19(13-11-17)28-22(24-25-26-28)30-15-21(29)23-14-20(27(3)4)18-8-6-5-7-9-18/h5-13,16,20H,14-15H2,1-4H3,(H,23,29)/t20-/m0/s1. The number of carbonyl (C=O) groups is 1. The number of likely N-dealkylation sites (N-methyl/N-ethyl adjacent to an activating group) is 1. The van der Waals surface area contributed by atoms with Crippen LogP contribution in [0.15, 0.2) is 59.8 Å². The van der Waals surface area contributed by atoms with Gasteiger partial charge in [0.05, 0.1) is 17.5 Å². The number of thioether (sulfide) groups is 1. The Kier molecular flexibility index (Phi) is 7.59. The van der Waals surface area contributed by atoms with Crippen molar-refractivity contribution in [3.8, 4) is 5.69 Å². The van der Waals surface area contributed by atoms with Crippen LogP contribution in [0.1, 0.15) is 36.9 Å². The van der Waals surface area contributed by atoms with Gasteiger partial charge in [-0.3, -0.25) is 4.79 Å². The molecule has 0 saturated carbocycles. The molecule has 0 spiro atoms. The molecule has 158 valence electrons. The van der Waals surface area contributed by atoms with Crippen LogP contribution in [0, 0.1) is 0 Å². The van der Waals surface area contributed by atoms with E-state index in [1.165, 1.54) is 22.9 Å². The smallest absolute Gasteiger partial charge is 0.230 e. The lowest BCUT2D eigenvalue weighted by Gasteiger charge is -2.25. The van der Waals surface area contributed by atoms with Gasteiger partial charge in [-0.2, -0.15) is 4.68 Å². The second-order valence-corrected chi connectivity index (χ2v) is 8.54. The largest absolute Gasteiger partial charge is 0.353 e. The second-order valence-electron chi connectivity index (χ2n) is 7.60. The summed E-state index contributed by atoms with van der Waals surface area (Å²) in [5, 5.41) is 15.5. The zero-order valence-electron chi connectivity index (χ0n) is 17.8. The molecule has 7 nitrogen and oxygen atoms in total. The van der Waals surface area contributed by atoms with E-state index < -0.39 is 0 Å². The van der Waals surface area contributed by atoms with E-state index in [4.69, 9.17) is 0 Å². The van der Waals surface area contributed by atoms with Crippen LogP contribution in [-0.4, -0.2) is 57.4 Å². The third-order valence-electron chi connectivity index (χ3n) is 4.88. The molecular weight excluding hydrogens is 396 g/mol. The molecule has 0 radical (unpaired) electrons. The monoisotopic (exact) mass is 424 g/mol. The molecule has 2 aromatic carbocycles. The van der Waals surface area contributed by atoms with Crippen LogP contribution in [0.3, 0.4) is 0 Å². The third-order valence-corrected chi connectivity index (χ3v) is 5.80. The molecule has 0 fully saturated rings. The Morgan fingerprint density at radius 2 is 1.77 bits per heavy atom. The van der Waals surface area contributed by atoms with Crippen molar-refractivity contribution in [1.82, 2.24) is 30.4 Å². The summed E-state index contributed by atoms with van der Waals surface area (Å²) in [4.78, 5) is 14.5. The van der Waals surface area contributed by atoms with Gasteiger partial charge in [0.2, 0.25) is 11.1 Å². The number of carbonyl (C=O) groups excluding carboxylic acids is 1. The SMILES string of the molecule is CC(C)c1ccc(-n2nnnc2SCC(=O)NC[C@@H](c2ccccc2)N(C)C)cc1. The van der Waals surface area contributed by atoms with Gasteiger partial charge in [-0.05, 0) is 53.7 Å². The van der Waals surface area contributed by atoms with Gasteiger partial charge in [-0.25, -0.2) is 0 Å². The van der Waals surface area contributed by atoms with E-state index in [1.807, 2.05) is 44.4 Å². The Morgan fingerprint density at radius 1 is 1.07 bits per heavy atom. The maximum absolute atomic E-state index is 12.4. The van der Waals surface area contributed by atoms with Crippen molar-refractivity contribution in [1.29, 1.82) is 0 Å². The summed E-state index contributed by atoms with van der Waals surface area (Å²) in [6.07, 6.45) is 0. The fourth-order valence-corrected chi connectivity index (χ4v) is 3.82. The number of nitrogens with zero attached hydrogens (tertiary/aromatic N) is 5. The average Bonchev–Trinajstić information content (AvgIpc) is 3.21. The molecule has 0 aliphatic carbocycles. The van der Waals surface area contributed by atoms with Crippen molar-refractivity contribution in [2.45, 2.75) is 31.0 Å². The molecular formula is C22H28N6OS. The number of hydrogen-bond acceptors (Lipinski definition) is 6. The van der Waals surface area contributed by atoms with E-state index in [-0.39, 0.29) is 17.7 Å². The summed E-state index contributed by atoms with van der Waals surface area (Å²) < 4.78 is 1.66. The summed E-state index contributed by atoms with van der Waals surface area (Å²) in [7, 11) is 4.02. The summed E-state index contributed by atoms with van der Waals surface area (Å²) >= 11 is 1.32. The highest BCUT2D eigenvalue weighted by molar-refractivity contribution is 7.99. The van der Waals surface area contributed by atoms with Crippen LogP contribution in [0.4, 0.5) is 0 Å². The topological polar surface area (TPSA) is 75.9 Å². The van der Waals surface area contributed by atoms with Gasteiger partial charge in [0, 0.05) is 6.54 Å². The van der Waals surface area contributed by atoms with Gasteiger partial charge < -0.3 is 10.2 Å². The van der Waals surface area contributed by atoms with E-state index in [2.05, 4.69) is 63.9 Å². The summed E-state index contributed by atoms with van der Waals surface area (Å²) in [6, 6.07) is 18.4. The molecule has 8 heteroatoms. The van der Waals surface area contributed by atoms with Gasteiger partial charge in [-0.1, -0.05) is 68.1 Å². The van der Waals surface area contributed by atoms with Crippen LogP contribution in [0.2, 0.25) is 0 Å². The predicted octanol–water partition coefficient (Wildman–Crippen LogP) is 3.30. The summed E-state index contributed by atoms with van der Waals surface area (Å²) in [5.41, 5.74) is 3.31. The molecule has 1 N–H and O–H groups in total. The zero-order chi connectivity index (χ0) is 21.5. The minimum Gasteiger partial charge on any atom is -0.353 e. The van der Waals surface area contributed by atoms with Gasteiger partial charge >= 0.3 is 0 Å². The highest BCUT2D eigenvalue weighted by Crippen LogP contribution is 2.21. The van der Waals surface area contributed by atoms with Gasteiger partial charge in [-0.15, -0.1) is 5.10 Å². The van der Waals surface area contributed by atoms with E-state index in [0.717, 1.165) is 5.69 Å². The Morgan fingerprint density at radius 3 is 2.40 bits per heavy atom. The number of hydrogen-bond donors (Lipinski definition) is 1. The highest BCUT2D eigenvalue weighted by atomic mass is 32.2. The Hall–Kier alpha value is -2.71. The second kappa shape index (κ2) is 10.4. The van der Waals surface area contributed by atoms with Crippen molar-refractivity contribution in [2.75, 3.05) is 26.4 Å². The van der Waals surface area contributed by atoms with Crippen LogP contribution in [0.5, 0.6) is 0 Å². The fraction of sp³-hybridized carbons (Fsp3) is 0.364. The molecule has 1 aromatic heterocycles. The zero-order valence-corrected chi connectivity index (χ0v) is 18.6. The lowest BCUT2D eigenvalue weighted by Crippen LogP contribution is -2.35. The molecule has 3 rings (SSSR count). The minimum absolute atomic E-state index is 0.0486. The third kappa shape index (κ3) is 5.67. The van der Waals surface area contributed by atoms with Gasteiger partial charge in [0.15, 0.2) is 0 Å². The highest BCUT2D eigenvalue weighted by Gasteiger charge is 2.16. The summed E-state index contributed by atoms with van der Waals surface area (Å²) in [6.45, 7) is 4.85. The lowest BCUT2D eigenvalue weighted by molar-refractivity contribution is -0.118. The number of aromatic nitrogens is 4. The van der Waals surface area contributed by atoms with Crippen LogP contribution < -0.4 is 5.32 Å². The number of benzene rings is 2. The number of tetrazole rings is 1. The molecule has 1 amide bonds. The molecule has 1 heterocycles. The van der Waals surface area contributed by atoms with Crippen molar-refractivity contribution in [3.63, 3.8) is 0 Å². The Labute approximate surface area is 181 Å². The molecule has 0 aliphatic heterocycles. The van der Waals surface area contributed by atoms with Gasteiger partial charge in [0.25, 0.3) is 0 Å². The van der Waals surface area contributed by atoms with E-state index >= 15 is 0 Å². The first-order valence-corrected chi connectivity index (χ1v) is 10.9. The van der Waals surface area contributed by atoms with Crippen molar-refractivity contribution in [2.24, 2.45) is 0 Å². The summed E-state index contributed by atoms with van der Waals surface area (Å²) in [5.74, 6) is 0.666. The molecule has 0 saturated heterocycles. The van der Waals surface area contributed by atoms with Crippen molar-refractivity contribution < 1.29 is 4.79 Å². The number of rotatable bonds is 9. The molecule has 0 aliphatic rings. The van der Waals surface area contributed by atoms with Crippen LogP contribution in [-0.2, 0) is 4.79 Å². The Balaban J connectivity index is 1.57. The quantitative estimate of drug-likeness (QED) is 0.531. The average molecular weight is 425 g/mol. The molecule has 0 bridgehead atoms. The van der Waals surface area contributed by atoms with Crippen molar-refractivity contribution in [3.05, 3.63) is 65.7 Å². The Bertz CT molecular complexity index is 940. The normalized spacial score (nSPS) is 12.3. The minimum atomic E-state index is -0.0486. The maximum Gasteiger partial charge on any atom is 0.230 e. The molecule has 0 unspecified atom stereocenters. The predicted molar refractivity (Wildman–Crippen MR) is 120 cm³/mol. The first kappa shape index (κ1) is 22.0. The first-order valence-electron chi connectivity index (χ1n) is 9.95. The van der Waals surface area contributed by atoms with E-state index in [9.17, 15) is 4.79 Å². The number of amides is 1. The molecule has 30 heavy (non-hydrogen) atoms. The first-order chi connectivity index (χ1) is 14.5. The van der Waals surface area contributed by atoms with Crippen LogP contribution in [0.25, 0.3) is 5.69 Å². The van der Waals surface area contributed by atoms with Crippen molar-refractivity contribution >= 4 is 17.7 Å².